The van der Waals surface area contributed by atoms with E-state index in [-0.39, 0.29) is 24.0 Å². The van der Waals surface area contributed by atoms with Crippen LogP contribution in [0.3, 0.4) is 0 Å². The number of nitrogens with one attached hydrogen (secondary N) is 1. The second kappa shape index (κ2) is 10.8. The van der Waals surface area contributed by atoms with Crippen molar-refractivity contribution in [1.29, 1.82) is 0 Å². The van der Waals surface area contributed by atoms with Gasteiger partial charge in [0.25, 0.3) is 0 Å². The standard InChI is InChI=1S/C20H26N6O.HI/c1-16-7-9-17(10-8-16)27-15-14-25(3)20(21-2)22-12-11-19-24-23-18-6-4-5-13-26(18)19;/h4-10,13H,11-12,14-15H2,1-3H3,(H,21,22);1H. The van der Waals surface area contributed by atoms with E-state index in [0.29, 0.717) is 6.61 Å². The molecule has 3 aromatic rings. The second-order valence-corrected chi connectivity index (χ2v) is 6.35. The van der Waals surface area contributed by atoms with Crippen LogP contribution in [0.5, 0.6) is 5.75 Å². The Bertz CT molecular complexity index is 893. The molecular weight excluding hydrogens is 467 g/mol. The molecule has 150 valence electrons. The maximum atomic E-state index is 5.79. The Balaban J connectivity index is 0.00000280. The minimum atomic E-state index is 0. The van der Waals surface area contributed by atoms with E-state index in [1.807, 2.05) is 60.1 Å². The summed E-state index contributed by atoms with van der Waals surface area (Å²) in [6.45, 7) is 4.12. The number of aromatic nitrogens is 3. The first kappa shape index (κ1) is 21.9. The first-order chi connectivity index (χ1) is 13.2. The highest BCUT2D eigenvalue weighted by Gasteiger charge is 2.08. The van der Waals surface area contributed by atoms with Crippen LogP contribution < -0.4 is 10.1 Å². The van der Waals surface area contributed by atoms with Gasteiger partial charge in [0.15, 0.2) is 11.6 Å². The first-order valence-electron chi connectivity index (χ1n) is 9.07. The van der Waals surface area contributed by atoms with E-state index in [9.17, 15) is 0 Å². The number of likely N-dealkylation sites (N-methyl/N-ethyl adjacent to an activating group) is 1. The highest BCUT2D eigenvalue weighted by atomic mass is 127. The molecule has 2 heterocycles. The van der Waals surface area contributed by atoms with Crippen LogP contribution in [0.15, 0.2) is 53.7 Å². The Morgan fingerprint density at radius 2 is 1.96 bits per heavy atom. The summed E-state index contributed by atoms with van der Waals surface area (Å²) in [5.41, 5.74) is 2.09. The third-order valence-electron chi connectivity index (χ3n) is 4.31. The largest absolute Gasteiger partial charge is 0.492 e. The van der Waals surface area contributed by atoms with E-state index in [2.05, 4.69) is 32.3 Å². The molecule has 1 N–H and O–H groups in total. The number of pyridine rings is 1. The molecule has 3 rings (SSSR count). The summed E-state index contributed by atoms with van der Waals surface area (Å²) in [6, 6.07) is 14.0. The van der Waals surface area contributed by atoms with Gasteiger partial charge < -0.3 is 15.0 Å². The quantitative estimate of drug-likeness (QED) is 0.311. The SMILES string of the molecule is CN=C(NCCc1nnc2ccccn12)N(C)CCOc1ccc(C)cc1.I. The van der Waals surface area contributed by atoms with E-state index in [1.165, 1.54) is 5.56 Å². The predicted octanol–water partition coefficient (Wildman–Crippen LogP) is 2.78. The zero-order valence-corrected chi connectivity index (χ0v) is 18.8. The highest BCUT2D eigenvalue weighted by molar-refractivity contribution is 14.0. The number of halogens is 1. The Hall–Kier alpha value is -2.36. The average Bonchev–Trinajstić information content (AvgIpc) is 3.10. The number of ether oxygens (including phenoxy) is 1. The topological polar surface area (TPSA) is 67.0 Å². The molecule has 0 radical (unpaired) electrons. The van der Waals surface area contributed by atoms with Crippen molar-refractivity contribution in [2.24, 2.45) is 4.99 Å². The average molecular weight is 494 g/mol. The van der Waals surface area contributed by atoms with Gasteiger partial charge in [-0.25, -0.2) is 0 Å². The number of aryl methyl sites for hydroxylation is 1. The van der Waals surface area contributed by atoms with Gasteiger partial charge in [-0.2, -0.15) is 0 Å². The van der Waals surface area contributed by atoms with E-state index in [1.54, 1.807) is 7.05 Å². The van der Waals surface area contributed by atoms with Crippen molar-refractivity contribution in [3.05, 3.63) is 60.0 Å². The van der Waals surface area contributed by atoms with Gasteiger partial charge in [0, 0.05) is 33.3 Å². The summed E-state index contributed by atoms with van der Waals surface area (Å²) in [5, 5.41) is 11.8. The van der Waals surface area contributed by atoms with Crippen LogP contribution in [0.25, 0.3) is 5.65 Å². The lowest BCUT2D eigenvalue weighted by molar-refractivity contribution is 0.281. The van der Waals surface area contributed by atoms with Gasteiger partial charge in [0.2, 0.25) is 0 Å². The fourth-order valence-electron chi connectivity index (χ4n) is 2.77. The number of aliphatic imine (C=N–C) groups is 1. The van der Waals surface area contributed by atoms with Crippen LogP contribution in [0.1, 0.15) is 11.4 Å². The van der Waals surface area contributed by atoms with Gasteiger partial charge in [-0.3, -0.25) is 9.39 Å². The van der Waals surface area contributed by atoms with E-state index < -0.39 is 0 Å². The number of benzene rings is 1. The molecule has 0 fully saturated rings. The molecule has 0 amide bonds. The molecule has 28 heavy (non-hydrogen) atoms. The number of rotatable bonds is 7. The molecule has 0 saturated carbocycles. The van der Waals surface area contributed by atoms with Gasteiger partial charge in [-0.05, 0) is 31.2 Å². The van der Waals surface area contributed by atoms with Crippen LogP contribution >= 0.6 is 24.0 Å². The molecular formula is C20H27IN6O. The zero-order valence-electron chi connectivity index (χ0n) is 16.5. The van der Waals surface area contributed by atoms with Crippen molar-refractivity contribution in [2.75, 3.05) is 33.8 Å². The summed E-state index contributed by atoms with van der Waals surface area (Å²) >= 11 is 0. The monoisotopic (exact) mass is 494 g/mol. The summed E-state index contributed by atoms with van der Waals surface area (Å²) in [6.07, 6.45) is 2.74. The van der Waals surface area contributed by atoms with Crippen LogP contribution in [0, 0.1) is 6.92 Å². The van der Waals surface area contributed by atoms with Crippen LogP contribution in [-0.2, 0) is 6.42 Å². The fraction of sp³-hybridized carbons (Fsp3) is 0.350. The lowest BCUT2D eigenvalue weighted by Gasteiger charge is -2.22. The number of fused-ring (bicyclic) bond motifs is 1. The Kier molecular flexibility index (Phi) is 8.49. The van der Waals surface area contributed by atoms with Gasteiger partial charge in [0.1, 0.15) is 18.2 Å². The van der Waals surface area contributed by atoms with Crippen LogP contribution in [-0.4, -0.2) is 59.2 Å². The third kappa shape index (κ3) is 5.82. The maximum Gasteiger partial charge on any atom is 0.193 e. The van der Waals surface area contributed by atoms with Gasteiger partial charge in [-0.15, -0.1) is 34.2 Å². The lowest BCUT2D eigenvalue weighted by Crippen LogP contribution is -2.41. The molecule has 7 nitrogen and oxygen atoms in total. The number of nitrogens with zero attached hydrogens (tertiary/aromatic N) is 5. The van der Waals surface area contributed by atoms with Gasteiger partial charge in [0.05, 0.1) is 6.54 Å². The van der Waals surface area contributed by atoms with Crippen LogP contribution in [0.2, 0.25) is 0 Å². The van der Waals surface area contributed by atoms with E-state index in [4.69, 9.17) is 4.74 Å². The highest BCUT2D eigenvalue weighted by Crippen LogP contribution is 2.11. The Morgan fingerprint density at radius 3 is 2.71 bits per heavy atom. The van der Waals surface area contributed by atoms with Gasteiger partial charge in [-0.1, -0.05) is 23.8 Å². The molecule has 0 spiro atoms. The molecule has 0 atom stereocenters. The minimum Gasteiger partial charge on any atom is -0.492 e. The van der Waals surface area contributed by atoms with Crippen molar-refractivity contribution in [3.8, 4) is 5.75 Å². The van der Waals surface area contributed by atoms with Crippen molar-refractivity contribution in [1.82, 2.24) is 24.8 Å². The van der Waals surface area contributed by atoms with E-state index in [0.717, 1.165) is 42.7 Å². The summed E-state index contributed by atoms with van der Waals surface area (Å²) in [7, 11) is 3.78. The smallest absolute Gasteiger partial charge is 0.193 e. The molecule has 0 unspecified atom stereocenters. The molecule has 1 aromatic carbocycles. The van der Waals surface area contributed by atoms with Crippen molar-refractivity contribution < 1.29 is 4.74 Å². The minimum absolute atomic E-state index is 0. The van der Waals surface area contributed by atoms with E-state index >= 15 is 0 Å². The Morgan fingerprint density at radius 1 is 1.18 bits per heavy atom. The van der Waals surface area contributed by atoms with Crippen molar-refractivity contribution in [3.63, 3.8) is 0 Å². The molecule has 0 bridgehead atoms. The van der Waals surface area contributed by atoms with Gasteiger partial charge >= 0.3 is 0 Å². The van der Waals surface area contributed by atoms with Crippen molar-refractivity contribution in [2.45, 2.75) is 13.3 Å². The molecule has 0 saturated heterocycles. The summed E-state index contributed by atoms with van der Waals surface area (Å²) < 4.78 is 7.80. The third-order valence-corrected chi connectivity index (χ3v) is 4.31. The normalized spacial score (nSPS) is 11.2. The first-order valence-corrected chi connectivity index (χ1v) is 9.07. The second-order valence-electron chi connectivity index (χ2n) is 6.35. The fourth-order valence-corrected chi connectivity index (χ4v) is 2.77. The molecule has 2 aromatic heterocycles. The summed E-state index contributed by atoms with van der Waals surface area (Å²) in [4.78, 5) is 6.39. The molecule has 8 heteroatoms. The predicted molar refractivity (Wildman–Crippen MR) is 123 cm³/mol. The molecule has 0 aliphatic rings. The maximum absolute atomic E-state index is 5.79. The number of hydrogen-bond acceptors (Lipinski definition) is 4. The van der Waals surface area contributed by atoms with Crippen molar-refractivity contribution >= 4 is 35.6 Å². The molecule has 0 aliphatic carbocycles. The zero-order chi connectivity index (χ0) is 19.1. The summed E-state index contributed by atoms with van der Waals surface area (Å²) in [5.74, 6) is 2.64. The molecule has 0 aliphatic heterocycles. The Labute approximate surface area is 182 Å². The van der Waals surface area contributed by atoms with Crippen LogP contribution in [0.4, 0.5) is 0 Å². The lowest BCUT2D eigenvalue weighted by atomic mass is 10.2. The number of hydrogen-bond donors (Lipinski definition) is 1. The number of guanidine groups is 1.